The van der Waals surface area contributed by atoms with Crippen molar-refractivity contribution in [1.29, 1.82) is 0 Å². The van der Waals surface area contributed by atoms with Gasteiger partial charge >= 0.3 is 5.97 Å². The lowest BCUT2D eigenvalue weighted by atomic mass is 10.0. The van der Waals surface area contributed by atoms with E-state index in [2.05, 4.69) is 44.9 Å². The van der Waals surface area contributed by atoms with Crippen molar-refractivity contribution in [2.75, 3.05) is 38.8 Å². The molecule has 33 heavy (non-hydrogen) atoms. The number of aryl methyl sites for hydroxylation is 1. The Hall–Kier alpha value is -3.23. The van der Waals surface area contributed by atoms with E-state index < -0.39 is 5.97 Å². The zero-order valence-electron chi connectivity index (χ0n) is 19.2. The van der Waals surface area contributed by atoms with E-state index in [0.717, 1.165) is 53.0 Å². The van der Waals surface area contributed by atoms with Gasteiger partial charge in [-0.25, -0.2) is 9.78 Å². The van der Waals surface area contributed by atoms with Crippen molar-refractivity contribution in [2.24, 2.45) is 0 Å². The molecule has 1 unspecified atom stereocenters. The minimum Gasteiger partial charge on any atom is -0.493 e. The highest BCUT2D eigenvalue weighted by atomic mass is 16.5. The number of hydrogen-bond donors (Lipinski definition) is 0. The van der Waals surface area contributed by atoms with Crippen LogP contribution >= 0.6 is 0 Å². The fourth-order valence-corrected chi connectivity index (χ4v) is 4.74. The Labute approximate surface area is 193 Å². The SMILES string of the molecule is COC(=O)c1ccc(N2CC3CCOc4cc5cc(C)cnc5cc4CN3[C@@H](OC)C2)cn1. The van der Waals surface area contributed by atoms with Gasteiger partial charge in [0.05, 0.1) is 37.7 Å². The number of carbonyl (C=O) groups is 1. The monoisotopic (exact) mass is 448 g/mol. The van der Waals surface area contributed by atoms with Crippen LogP contribution in [0, 0.1) is 6.92 Å². The van der Waals surface area contributed by atoms with Crippen LogP contribution in [0.3, 0.4) is 0 Å². The largest absolute Gasteiger partial charge is 0.493 e. The molecule has 5 rings (SSSR count). The van der Waals surface area contributed by atoms with E-state index >= 15 is 0 Å². The third-order valence-corrected chi connectivity index (χ3v) is 6.49. The second-order valence-electron chi connectivity index (χ2n) is 8.62. The highest BCUT2D eigenvalue weighted by Crippen LogP contribution is 2.33. The Kier molecular flexibility index (Phi) is 5.86. The van der Waals surface area contributed by atoms with Gasteiger partial charge in [0, 0.05) is 43.4 Å². The molecule has 2 aliphatic rings. The summed E-state index contributed by atoms with van der Waals surface area (Å²) in [7, 11) is 3.11. The summed E-state index contributed by atoms with van der Waals surface area (Å²) < 4.78 is 16.9. The Balaban J connectivity index is 1.41. The summed E-state index contributed by atoms with van der Waals surface area (Å²) in [6.45, 7) is 4.94. The first-order valence-electron chi connectivity index (χ1n) is 11.2. The van der Waals surface area contributed by atoms with E-state index in [1.807, 2.05) is 12.3 Å². The van der Waals surface area contributed by atoms with Gasteiger partial charge in [-0.2, -0.15) is 0 Å². The summed E-state index contributed by atoms with van der Waals surface area (Å²) in [5.41, 5.74) is 4.50. The maximum absolute atomic E-state index is 11.7. The number of carbonyl (C=O) groups excluding carboxylic acids is 1. The number of esters is 1. The third kappa shape index (κ3) is 4.24. The van der Waals surface area contributed by atoms with Crippen LogP contribution in [0.2, 0.25) is 0 Å². The van der Waals surface area contributed by atoms with Gasteiger partial charge in [0.1, 0.15) is 17.7 Å². The normalized spacial score (nSPS) is 20.9. The number of anilines is 1. The van der Waals surface area contributed by atoms with Crippen LogP contribution in [-0.2, 0) is 16.0 Å². The summed E-state index contributed by atoms with van der Waals surface area (Å²) in [6.07, 6.45) is 4.42. The Morgan fingerprint density at radius 3 is 2.76 bits per heavy atom. The Bertz CT molecular complexity index is 1170. The van der Waals surface area contributed by atoms with Crippen LogP contribution in [0.15, 0.2) is 42.7 Å². The first-order valence-corrected chi connectivity index (χ1v) is 11.2. The highest BCUT2D eigenvalue weighted by Gasteiger charge is 2.36. The zero-order valence-corrected chi connectivity index (χ0v) is 19.2. The fraction of sp³-hybridized carbons (Fsp3) is 0.400. The molecule has 8 heteroatoms. The average Bonchev–Trinajstić information content (AvgIpc) is 2.83. The molecular weight excluding hydrogens is 420 g/mol. The van der Waals surface area contributed by atoms with Crippen LogP contribution in [0.5, 0.6) is 5.75 Å². The molecule has 0 amide bonds. The Morgan fingerprint density at radius 1 is 1.12 bits per heavy atom. The second kappa shape index (κ2) is 8.96. The predicted octanol–water partition coefficient (Wildman–Crippen LogP) is 3.17. The van der Waals surface area contributed by atoms with E-state index in [1.54, 1.807) is 19.4 Å². The van der Waals surface area contributed by atoms with Crippen molar-refractivity contribution in [1.82, 2.24) is 14.9 Å². The zero-order chi connectivity index (χ0) is 22.9. The summed E-state index contributed by atoms with van der Waals surface area (Å²) in [6, 6.07) is 10.3. The van der Waals surface area contributed by atoms with Gasteiger partial charge in [0.15, 0.2) is 0 Å². The number of fused-ring (bicyclic) bond motifs is 3. The van der Waals surface area contributed by atoms with Crippen molar-refractivity contribution in [2.45, 2.75) is 32.2 Å². The van der Waals surface area contributed by atoms with Gasteiger partial charge in [-0.1, -0.05) is 0 Å². The molecule has 2 aliphatic heterocycles. The van der Waals surface area contributed by atoms with Crippen LogP contribution in [0.1, 0.15) is 28.0 Å². The number of aromatic nitrogens is 2. The lowest BCUT2D eigenvalue weighted by Crippen LogP contribution is -2.59. The molecule has 172 valence electrons. The molecule has 0 N–H and O–H groups in total. The molecule has 4 heterocycles. The summed E-state index contributed by atoms with van der Waals surface area (Å²) in [4.78, 5) is 25.3. The van der Waals surface area contributed by atoms with Crippen molar-refractivity contribution in [3.63, 3.8) is 0 Å². The smallest absolute Gasteiger partial charge is 0.356 e. The first kappa shape index (κ1) is 21.6. The van der Waals surface area contributed by atoms with Gasteiger partial charge in [0.25, 0.3) is 0 Å². The molecular formula is C25H28N4O4. The van der Waals surface area contributed by atoms with E-state index in [-0.39, 0.29) is 12.3 Å². The van der Waals surface area contributed by atoms with E-state index in [1.165, 1.54) is 7.11 Å². The minimum absolute atomic E-state index is 0.0864. The average molecular weight is 449 g/mol. The molecule has 1 fully saturated rings. The quantitative estimate of drug-likeness (QED) is 0.566. The summed E-state index contributed by atoms with van der Waals surface area (Å²) in [5.74, 6) is 0.488. The highest BCUT2D eigenvalue weighted by molar-refractivity contribution is 5.87. The Morgan fingerprint density at radius 2 is 2.00 bits per heavy atom. The van der Waals surface area contributed by atoms with Gasteiger partial charge in [-0.05, 0) is 49.2 Å². The van der Waals surface area contributed by atoms with Crippen molar-refractivity contribution < 1.29 is 19.0 Å². The van der Waals surface area contributed by atoms with E-state index in [4.69, 9.17) is 14.2 Å². The number of benzene rings is 1. The molecule has 0 saturated carbocycles. The molecule has 3 aromatic rings. The third-order valence-electron chi connectivity index (χ3n) is 6.49. The number of ether oxygens (including phenoxy) is 3. The van der Waals surface area contributed by atoms with E-state index in [9.17, 15) is 4.79 Å². The molecule has 1 aromatic carbocycles. The maximum atomic E-state index is 11.7. The standard InChI is InChI=1S/C25H28N4O4/c1-16-8-17-10-23-18(9-22(17)26-11-16)13-29-20(6-7-33-23)14-28(15-24(29)31-2)19-4-5-21(27-12-19)25(30)32-3/h4-5,8-12,20,24H,6-7,13-15H2,1-3H3/t20?,24-/m0/s1. The van der Waals surface area contributed by atoms with Crippen LogP contribution in [0.25, 0.3) is 10.9 Å². The maximum Gasteiger partial charge on any atom is 0.356 e. The van der Waals surface area contributed by atoms with Gasteiger partial charge in [0.2, 0.25) is 0 Å². The fourth-order valence-electron chi connectivity index (χ4n) is 4.74. The number of hydrogen-bond acceptors (Lipinski definition) is 8. The lowest BCUT2D eigenvalue weighted by Gasteiger charge is -2.47. The van der Waals surface area contributed by atoms with Gasteiger partial charge in [-0.3, -0.25) is 9.88 Å². The summed E-state index contributed by atoms with van der Waals surface area (Å²) >= 11 is 0. The number of rotatable bonds is 3. The second-order valence-corrected chi connectivity index (χ2v) is 8.62. The molecule has 0 radical (unpaired) electrons. The number of piperazine rings is 1. The molecule has 1 saturated heterocycles. The number of methoxy groups -OCH3 is 2. The molecule has 0 bridgehead atoms. The molecule has 0 spiro atoms. The van der Waals surface area contributed by atoms with Crippen LogP contribution < -0.4 is 9.64 Å². The van der Waals surface area contributed by atoms with Gasteiger partial charge < -0.3 is 19.1 Å². The molecule has 2 aromatic heterocycles. The van der Waals surface area contributed by atoms with Crippen molar-refractivity contribution >= 4 is 22.6 Å². The minimum atomic E-state index is -0.436. The predicted molar refractivity (Wildman–Crippen MR) is 125 cm³/mol. The first-order chi connectivity index (χ1) is 16.1. The molecule has 2 atom stereocenters. The number of pyridine rings is 2. The molecule has 0 aliphatic carbocycles. The number of nitrogens with zero attached hydrogens (tertiary/aromatic N) is 4. The van der Waals surface area contributed by atoms with Gasteiger partial charge in [-0.15, -0.1) is 0 Å². The topological polar surface area (TPSA) is 77.0 Å². The van der Waals surface area contributed by atoms with E-state index in [0.29, 0.717) is 18.8 Å². The van der Waals surface area contributed by atoms with Crippen LogP contribution in [0.4, 0.5) is 5.69 Å². The van der Waals surface area contributed by atoms with Crippen molar-refractivity contribution in [3.8, 4) is 5.75 Å². The lowest BCUT2D eigenvalue weighted by molar-refractivity contribution is -0.0749. The van der Waals surface area contributed by atoms with Crippen LogP contribution in [-0.4, -0.2) is 67.0 Å². The van der Waals surface area contributed by atoms with Crippen molar-refractivity contribution in [3.05, 3.63) is 59.5 Å². The summed E-state index contributed by atoms with van der Waals surface area (Å²) in [5, 5.41) is 1.10. The molecule has 8 nitrogen and oxygen atoms in total.